The molecule has 90 valence electrons. The minimum Gasteiger partial charge on any atom is -0.392 e. The quantitative estimate of drug-likeness (QED) is 0.845. The number of aliphatic hydroxyl groups excluding tert-OH is 1. The van der Waals surface area contributed by atoms with Gasteiger partial charge in [-0.15, -0.1) is 11.3 Å². The third kappa shape index (κ3) is 2.89. The van der Waals surface area contributed by atoms with Crippen molar-refractivity contribution in [1.29, 1.82) is 0 Å². The van der Waals surface area contributed by atoms with Crippen LogP contribution in [0.3, 0.4) is 0 Å². The molecular weight excluding hydrogens is 242 g/mol. The number of carbonyl (C=O) groups is 1. The minimum absolute atomic E-state index is 0.103. The Morgan fingerprint density at radius 3 is 3.18 bits per heavy atom. The zero-order valence-electron chi connectivity index (χ0n) is 9.08. The summed E-state index contributed by atoms with van der Waals surface area (Å²) in [4.78, 5) is 16.3. The van der Waals surface area contributed by atoms with Crippen LogP contribution in [-0.2, 0) is 0 Å². The molecule has 2 aromatic heterocycles. The molecule has 0 unspecified atom stereocenters. The number of hydrogen-bond donors (Lipinski definition) is 2. The molecule has 0 aliphatic carbocycles. The van der Waals surface area contributed by atoms with Crippen molar-refractivity contribution in [3.63, 3.8) is 0 Å². The second kappa shape index (κ2) is 5.07. The first kappa shape index (κ1) is 11.7. The molecule has 1 amide bonds. The van der Waals surface area contributed by atoms with Crippen molar-refractivity contribution in [3.05, 3.63) is 23.4 Å². The van der Waals surface area contributed by atoms with Crippen LogP contribution in [0.4, 0.5) is 0 Å². The molecule has 0 fully saturated rings. The summed E-state index contributed by atoms with van der Waals surface area (Å²) in [6.07, 6.45) is -0.612. The summed E-state index contributed by atoms with van der Waals surface area (Å²) < 4.78 is 4.83. The maximum atomic E-state index is 11.5. The van der Waals surface area contributed by atoms with Crippen molar-refractivity contribution >= 4 is 17.2 Å². The van der Waals surface area contributed by atoms with Gasteiger partial charge < -0.3 is 14.9 Å². The van der Waals surface area contributed by atoms with E-state index in [0.29, 0.717) is 5.82 Å². The van der Waals surface area contributed by atoms with Crippen LogP contribution in [0.1, 0.15) is 17.6 Å². The van der Waals surface area contributed by atoms with Crippen molar-refractivity contribution in [2.24, 2.45) is 0 Å². The van der Waals surface area contributed by atoms with Gasteiger partial charge >= 0.3 is 11.8 Å². The number of hydrogen-bond acceptors (Lipinski definition) is 6. The SMILES string of the molecule is C[C@@H](O)CNC(=O)c1nc(-c2cccs2)no1. The number of aliphatic hydroxyl groups is 1. The summed E-state index contributed by atoms with van der Waals surface area (Å²) in [6.45, 7) is 1.72. The van der Waals surface area contributed by atoms with E-state index in [4.69, 9.17) is 9.63 Å². The zero-order chi connectivity index (χ0) is 12.3. The van der Waals surface area contributed by atoms with Crippen LogP contribution >= 0.6 is 11.3 Å². The predicted octanol–water partition coefficient (Wildman–Crippen LogP) is 0.909. The standard InChI is InChI=1S/C10H11N3O3S/c1-6(14)5-11-9(15)10-12-8(13-16-10)7-3-2-4-17-7/h2-4,6,14H,5H2,1H3,(H,11,15)/t6-/m1/s1. The molecule has 2 heterocycles. The fourth-order valence-corrected chi connectivity index (χ4v) is 1.79. The molecular formula is C10H11N3O3S. The molecule has 0 bridgehead atoms. The highest BCUT2D eigenvalue weighted by molar-refractivity contribution is 7.13. The third-order valence-electron chi connectivity index (χ3n) is 1.92. The maximum absolute atomic E-state index is 11.5. The zero-order valence-corrected chi connectivity index (χ0v) is 9.90. The van der Waals surface area contributed by atoms with Crippen molar-refractivity contribution in [2.45, 2.75) is 13.0 Å². The van der Waals surface area contributed by atoms with Crippen LogP contribution in [0.5, 0.6) is 0 Å². The van der Waals surface area contributed by atoms with Gasteiger partial charge in [0.05, 0.1) is 11.0 Å². The average molecular weight is 253 g/mol. The number of carbonyl (C=O) groups excluding carboxylic acids is 1. The molecule has 2 aromatic rings. The van der Waals surface area contributed by atoms with E-state index in [0.717, 1.165) is 4.88 Å². The van der Waals surface area contributed by atoms with Crippen LogP contribution in [0.2, 0.25) is 0 Å². The lowest BCUT2D eigenvalue weighted by Crippen LogP contribution is -2.30. The number of nitrogens with zero attached hydrogens (tertiary/aromatic N) is 2. The molecule has 7 heteroatoms. The highest BCUT2D eigenvalue weighted by Crippen LogP contribution is 2.21. The van der Waals surface area contributed by atoms with Gasteiger partial charge in [0.25, 0.3) is 0 Å². The molecule has 0 saturated carbocycles. The van der Waals surface area contributed by atoms with Crippen LogP contribution in [0, 0.1) is 0 Å². The lowest BCUT2D eigenvalue weighted by Gasteiger charge is -2.03. The Kier molecular flexibility index (Phi) is 3.50. The van der Waals surface area contributed by atoms with E-state index in [-0.39, 0.29) is 12.4 Å². The number of thiophene rings is 1. The first-order chi connectivity index (χ1) is 8.16. The van der Waals surface area contributed by atoms with Crippen molar-refractivity contribution in [2.75, 3.05) is 6.54 Å². The van der Waals surface area contributed by atoms with Crippen LogP contribution < -0.4 is 5.32 Å². The molecule has 6 nitrogen and oxygen atoms in total. The van der Waals surface area contributed by atoms with Gasteiger partial charge in [-0.1, -0.05) is 11.2 Å². The highest BCUT2D eigenvalue weighted by atomic mass is 32.1. The smallest absolute Gasteiger partial charge is 0.316 e. The molecule has 0 spiro atoms. The predicted molar refractivity (Wildman–Crippen MR) is 61.6 cm³/mol. The van der Waals surface area contributed by atoms with E-state index in [1.807, 2.05) is 17.5 Å². The van der Waals surface area contributed by atoms with Gasteiger partial charge in [-0.05, 0) is 18.4 Å². The largest absolute Gasteiger partial charge is 0.392 e. The lowest BCUT2D eigenvalue weighted by atomic mass is 10.4. The monoisotopic (exact) mass is 253 g/mol. The lowest BCUT2D eigenvalue weighted by molar-refractivity contribution is 0.0880. The fraction of sp³-hybridized carbons (Fsp3) is 0.300. The first-order valence-electron chi connectivity index (χ1n) is 5.00. The van der Waals surface area contributed by atoms with Crippen molar-refractivity contribution < 1.29 is 14.4 Å². The topological polar surface area (TPSA) is 88.2 Å². The van der Waals surface area contributed by atoms with Gasteiger partial charge in [0.15, 0.2) is 0 Å². The Morgan fingerprint density at radius 1 is 1.71 bits per heavy atom. The van der Waals surface area contributed by atoms with Crippen LogP contribution in [-0.4, -0.2) is 33.8 Å². The Balaban J connectivity index is 2.05. The van der Waals surface area contributed by atoms with E-state index < -0.39 is 12.0 Å². The molecule has 0 aromatic carbocycles. The number of rotatable bonds is 4. The first-order valence-corrected chi connectivity index (χ1v) is 5.88. The maximum Gasteiger partial charge on any atom is 0.316 e. The van der Waals surface area contributed by atoms with E-state index in [9.17, 15) is 4.79 Å². The van der Waals surface area contributed by atoms with Gasteiger partial charge in [0.2, 0.25) is 5.82 Å². The second-order valence-electron chi connectivity index (χ2n) is 3.46. The van der Waals surface area contributed by atoms with Crippen LogP contribution in [0.15, 0.2) is 22.0 Å². The van der Waals surface area contributed by atoms with Crippen molar-refractivity contribution in [3.8, 4) is 10.7 Å². The normalized spacial score (nSPS) is 12.4. The molecule has 1 atom stereocenters. The summed E-state index contributed by atoms with van der Waals surface area (Å²) in [6, 6.07) is 3.70. The fourth-order valence-electron chi connectivity index (χ4n) is 1.14. The Bertz CT molecular complexity index is 493. The summed E-state index contributed by atoms with van der Waals surface area (Å²) in [7, 11) is 0. The number of amides is 1. The van der Waals surface area contributed by atoms with Crippen LogP contribution in [0.25, 0.3) is 10.7 Å². The minimum atomic E-state index is -0.612. The molecule has 0 aliphatic rings. The molecule has 0 saturated heterocycles. The van der Waals surface area contributed by atoms with Gasteiger partial charge in [0.1, 0.15) is 0 Å². The van der Waals surface area contributed by atoms with E-state index in [2.05, 4.69) is 15.5 Å². The van der Waals surface area contributed by atoms with Gasteiger partial charge in [0, 0.05) is 6.54 Å². The molecule has 2 N–H and O–H groups in total. The summed E-state index contributed by atoms with van der Waals surface area (Å²) in [5.74, 6) is -0.197. The Labute approximate surface area is 101 Å². The molecule has 0 radical (unpaired) electrons. The third-order valence-corrected chi connectivity index (χ3v) is 2.79. The number of nitrogens with one attached hydrogen (secondary N) is 1. The average Bonchev–Trinajstić information content (AvgIpc) is 2.94. The summed E-state index contributed by atoms with van der Waals surface area (Å²) >= 11 is 1.46. The van der Waals surface area contributed by atoms with Gasteiger partial charge in [-0.2, -0.15) is 4.98 Å². The van der Waals surface area contributed by atoms with Gasteiger partial charge in [-0.25, -0.2) is 0 Å². The van der Waals surface area contributed by atoms with E-state index in [1.165, 1.54) is 11.3 Å². The second-order valence-corrected chi connectivity index (χ2v) is 4.41. The van der Waals surface area contributed by atoms with Gasteiger partial charge in [-0.3, -0.25) is 4.79 Å². The summed E-state index contributed by atoms with van der Waals surface area (Å²) in [5, 5.41) is 17.1. The Hall–Kier alpha value is -1.73. The van der Waals surface area contributed by atoms with E-state index >= 15 is 0 Å². The molecule has 0 aliphatic heterocycles. The number of aromatic nitrogens is 2. The molecule has 2 rings (SSSR count). The Morgan fingerprint density at radius 2 is 2.53 bits per heavy atom. The summed E-state index contributed by atoms with van der Waals surface area (Å²) in [5.41, 5.74) is 0. The van der Waals surface area contributed by atoms with E-state index in [1.54, 1.807) is 6.92 Å². The molecule has 17 heavy (non-hydrogen) atoms. The highest BCUT2D eigenvalue weighted by Gasteiger charge is 2.16. The van der Waals surface area contributed by atoms with Crippen molar-refractivity contribution in [1.82, 2.24) is 15.5 Å².